The highest BCUT2D eigenvalue weighted by molar-refractivity contribution is 5.50. The standard InChI is InChI=1S/C18H36O2/c1-7-9-11-16(12-10-8-2)20-18(5,6)15-17(3,4)13-14-19/h14,16H,7-13,15H2,1-6H3. The highest BCUT2D eigenvalue weighted by Gasteiger charge is 2.31. The van der Waals surface area contributed by atoms with Crippen LogP contribution in [0.15, 0.2) is 0 Å². The van der Waals surface area contributed by atoms with Crippen LogP contribution in [-0.4, -0.2) is 18.0 Å². The van der Waals surface area contributed by atoms with Gasteiger partial charge in [-0.1, -0.05) is 53.4 Å². The summed E-state index contributed by atoms with van der Waals surface area (Å²) in [4.78, 5) is 10.8. The summed E-state index contributed by atoms with van der Waals surface area (Å²) in [6, 6.07) is 0. The van der Waals surface area contributed by atoms with Gasteiger partial charge in [0.15, 0.2) is 0 Å². The summed E-state index contributed by atoms with van der Waals surface area (Å²) in [5.74, 6) is 0. The van der Waals surface area contributed by atoms with Crippen LogP contribution in [0.25, 0.3) is 0 Å². The van der Waals surface area contributed by atoms with Crippen molar-refractivity contribution in [2.24, 2.45) is 5.41 Å². The summed E-state index contributed by atoms with van der Waals surface area (Å²) in [6.45, 7) is 13.1. The molecule has 0 rings (SSSR count). The van der Waals surface area contributed by atoms with Crippen LogP contribution >= 0.6 is 0 Å². The maximum absolute atomic E-state index is 10.8. The molecule has 120 valence electrons. The summed E-state index contributed by atoms with van der Waals surface area (Å²) in [7, 11) is 0. The molecule has 0 N–H and O–H groups in total. The maximum atomic E-state index is 10.8. The van der Waals surface area contributed by atoms with Gasteiger partial charge in [-0.05, 0) is 38.5 Å². The van der Waals surface area contributed by atoms with E-state index in [1.807, 2.05) is 0 Å². The van der Waals surface area contributed by atoms with Gasteiger partial charge < -0.3 is 9.53 Å². The van der Waals surface area contributed by atoms with E-state index in [1.54, 1.807) is 0 Å². The molecule has 20 heavy (non-hydrogen) atoms. The SMILES string of the molecule is CCCCC(CCCC)OC(C)(C)CC(C)(C)CC=O. The molecule has 0 unspecified atom stereocenters. The Morgan fingerprint density at radius 3 is 1.90 bits per heavy atom. The molecular weight excluding hydrogens is 248 g/mol. The number of hydrogen-bond donors (Lipinski definition) is 0. The molecular formula is C18H36O2. The molecule has 0 aromatic rings. The van der Waals surface area contributed by atoms with Crippen LogP contribution in [0.1, 0.15) is 92.9 Å². The fourth-order valence-electron chi connectivity index (χ4n) is 3.07. The molecule has 0 spiro atoms. The average molecular weight is 284 g/mol. The maximum Gasteiger partial charge on any atom is 0.120 e. The first kappa shape index (κ1) is 19.6. The molecule has 2 nitrogen and oxygen atoms in total. The second-order valence-corrected chi connectivity index (χ2v) is 7.50. The molecule has 2 heteroatoms. The number of carbonyl (C=O) groups excluding carboxylic acids is 1. The Labute approximate surface area is 126 Å². The van der Waals surface area contributed by atoms with Gasteiger partial charge in [-0.2, -0.15) is 0 Å². The predicted octanol–water partition coefficient (Wildman–Crippen LogP) is 5.54. The lowest BCUT2D eigenvalue weighted by Gasteiger charge is -2.37. The van der Waals surface area contributed by atoms with Crippen molar-refractivity contribution in [3.8, 4) is 0 Å². The predicted molar refractivity (Wildman–Crippen MR) is 87.1 cm³/mol. The third-order valence-corrected chi connectivity index (χ3v) is 3.79. The first-order valence-corrected chi connectivity index (χ1v) is 8.38. The summed E-state index contributed by atoms with van der Waals surface area (Å²) in [6.07, 6.45) is 10.2. The van der Waals surface area contributed by atoms with Crippen molar-refractivity contribution < 1.29 is 9.53 Å². The Morgan fingerprint density at radius 1 is 1.00 bits per heavy atom. The first-order chi connectivity index (χ1) is 9.26. The highest BCUT2D eigenvalue weighted by Crippen LogP contribution is 2.34. The largest absolute Gasteiger partial charge is 0.372 e. The Kier molecular flexibility index (Phi) is 9.37. The van der Waals surface area contributed by atoms with Crippen molar-refractivity contribution >= 4 is 6.29 Å². The smallest absolute Gasteiger partial charge is 0.120 e. The lowest BCUT2D eigenvalue weighted by Crippen LogP contribution is -2.35. The molecule has 0 aromatic carbocycles. The van der Waals surface area contributed by atoms with Gasteiger partial charge in [0, 0.05) is 6.42 Å². The zero-order chi connectivity index (χ0) is 15.6. The second kappa shape index (κ2) is 9.55. The van der Waals surface area contributed by atoms with Crippen LogP contribution in [0.3, 0.4) is 0 Å². The molecule has 0 aromatic heterocycles. The van der Waals surface area contributed by atoms with Crippen LogP contribution < -0.4 is 0 Å². The molecule has 0 atom stereocenters. The third kappa shape index (κ3) is 9.52. The lowest BCUT2D eigenvalue weighted by atomic mass is 9.79. The summed E-state index contributed by atoms with van der Waals surface area (Å²) in [5.41, 5.74) is -0.135. The van der Waals surface area contributed by atoms with Crippen molar-refractivity contribution in [1.82, 2.24) is 0 Å². The van der Waals surface area contributed by atoms with E-state index in [4.69, 9.17) is 4.74 Å². The minimum Gasteiger partial charge on any atom is -0.372 e. The fourth-order valence-corrected chi connectivity index (χ4v) is 3.07. The van der Waals surface area contributed by atoms with Crippen LogP contribution in [0, 0.1) is 5.41 Å². The summed E-state index contributed by atoms with van der Waals surface area (Å²) in [5, 5.41) is 0. The van der Waals surface area contributed by atoms with Gasteiger partial charge in [0.05, 0.1) is 11.7 Å². The van der Waals surface area contributed by atoms with E-state index < -0.39 is 0 Å². The number of hydrogen-bond acceptors (Lipinski definition) is 2. The third-order valence-electron chi connectivity index (χ3n) is 3.79. The van der Waals surface area contributed by atoms with Gasteiger partial charge >= 0.3 is 0 Å². The summed E-state index contributed by atoms with van der Waals surface area (Å²) < 4.78 is 6.41. The molecule has 0 heterocycles. The Balaban J connectivity index is 4.50. The number of unbranched alkanes of at least 4 members (excludes halogenated alkanes) is 2. The average Bonchev–Trinajstić information content (AvgIpc) is 2.30. The van der Waals surface area contributed by atoms with Gasteiger partial charge in [-0.25, -0.2) is 0 Å². The van der Waals surface area contributed by atoms with E-state index in [0.29, 0.717) is 12.5 Å². The first-order valence-electron chi connectivity index (χ1n) is 8.38. The zero-order valence-electron chi connectivity index (χ0n) is 14.6. The molecule has 0 amide bonds. The summed E-state index contributed by atoms with van der Waals surface area (Å²) >= 11 is 0. The fraction of sp³-hybridized carbons (Fsp3) is 0.944. The molecule has 0 bridgehead atoms. The Hall–Kier alpha value is -0.370. The van der Waals surface area contributed by atoms with Crippen molar-refractivity contribution in [3.63, 3.8) is 0 Å². The molecule has 0 radical (unpaired) electrons. The minimum absolute atomic E-state index is 0.0192. The number of carbonyl (C=O) groups is 1. The van der Waals surface area contributed by atoms with E-state index in [9.17, 15) is 4.79 Å². The van der Waals surface area contributed by atoms with Crippen molar-refractivity contribution in [2.45, 2.75) is 105 Å². The number of rotatable bonds is 12. The van der Waals surface area contributed by atoms with Crippen molar-refractivity contribution in [2.75, 3.05) is 0 Å². The molecule has 0 aliphatic rings. The molecule has 0 aliphatic heterocycles. The Bertz CT molecular complexity index is 248. The van der Waals surface area contributed by atoms with Gasteiger partial charge in [0.2, 0.25) is 0 Å². The topological polar surface area (TPSA) is 26.3 Å². The van der Waals surface area contributed by atoms with E-state index in [1.165, 1.54) is 25.7 Å². The van der Waals surface area contributed by atoms with Crippen LogP contribution in [0.4, 0.5) is 0 Å². The van der Waals surface area contributed by atoms with E-state index in [0.717, 1.165) is 25.5 Å². The van der Waals surface area contributed by atoms with Crippen LogP contribution in [0.2, 0.25) is 0 Å². The van der Waals surface area contributed by atoms with Gasteiger partial charge in [0.25, 0.3) is 0 Å². The quantitative estimate of drug-likeness (QED) is 0.440. The van der Waals surface area contributed by atoms with Gasteiger partial charge in [0.1, 0.15) is 6.29 Å². The van der Waals surface area contributed by atoms with Crippen molar-refractivity contribution in [3.05, 3.63) is 0 Å². The normalized spacial score (nSPS) is 12.9. The molecule has 0 aliphatic carbocycles. The minimum atomic E-state index is -0.154. The molecule has 0 fully saturated rings. The van der Waals surface area contributed by atoms with Crippen LogP contribution in [0.5, 0.6) is 0 Å². The van der Waals surface area contributed by atoms with E-state index in [-0.39, 0.29) is 11.0 Å². The highest BCUT2D eigenvalue weighted by atomic mass is 16.5. The lowest BCUT2D eigenvalue weighted by molar-refractivity contribution is -0.114. The number of aldehydes is 1. The van der Waals surface area contributed by atoms with E-state index in [2.05, 4.69) is 41.5 Å². The number of ether oxygens (including phenoxy) is 1. The van der Waals surface area contributed by atoms with E-state index >= 15 is 0 Å². The zero-order valence-corrected chi connectivity index (χ0v) is 14.6. The molecule has 0 saturated heterocycles. The molecule has 0 saturated carbocycles. The second-order valence-electron chi connectivity index (χ2n) is 7.50. The van der Waals surface area contributed by atoms with Crippen molar-refractivity contribution in [1.29, 1.82) is 0 Å². The Morgan fingerprint density at radius 2 is 1.50 bits per heavy atom. The van der Waals surface area contributed by atoms with Gasteiger partial charge in [-0.3, -0.25) is 0 Å². The van der Waals surface area contributed by atoms with Crippen LogP contribution in [-0.2, 0) is 9.53 Å². The monoisotopic (exact) mass is 284 g/mol. The van der Waals surface area contributed by atoms with Gasteiger partial charge in [-0.15, -0.1) is 0 Å².